The molecule has 0 unspecified atom stereocenters. The zero-order chi connectivity index (χ0) is 17.4. The van der Waals surface area contributed by atoms with Gasteiger partial charge in [0.1, 0.15) is 5.75 Å². The molecule has 0 radical (unpaired) electrons. The first-order chi connectivity index (χ1) is 11.6. The lowest BCUT2D eigenvalue weighted by atomic mass is 10.1. The molecule has 0 saturated heterocycles. The van der Waals surface area contributed by atoms with E-state index in [9.17, 15) is 9.90 Å². The number of amides is 1. The summed E-state index contributed by atoms with van der Waals surface area (Å²) in [4.78, 5) is 13.5. The van der Waals surface area contributed by atoms with Crippen LogP contribution in [0.25, 0.3) is 0 Å². The first-order valence-electron chi connectivity index (χ1n) is 7.94. The van der Waals surface area contributed by atoms with Gasteiger partial charge >= 0.3 is 0 Å². The number of aliphatic hydroxyl groups is 1. The summed E-state index contributed by atoms with van der Waals surface area (Å²) < 4.78 is 5.40. The van der Waals surface area contributed by atoms with Crippen molar-refractivity contribution in [1.82, 2.24) is 4.90 Å². The van der Waals surface area contributed by atoms with Crippen LogP contribution in [0.4, 0.5) is 5.69 Å². The summed E-state index contributed by atoms with van der Waals surface area (Å²) >= 11 is 0. The SMILES string of the molecule is COc1ccccc1CN(CCO)Cc1ccccc1NC(C)=O. The molecule has 0 saturated carbocycles. The van der Waals surface area contributed by atoms with Gasteiger partial charge < -0.3 is 15.2 Å². The van der Waals surface area contributed by atoms with E-state index in [2.05, 4.69) is 10.2 Å². The number of benzene rings is 2. The van der Waals surface area contributed by atoms with Gasteiger partial charge in [0.2, 0.25) is 5.91 Å². The molecule has 2 N–H and O–H groups in total. The van der Waals surface area contributed by atoms with Crippen molar-refractivity contribution < 1.29 is 14.6 Å². The summed E-state index contributed by atoms with van der Waals surface area (Å²) in [7, 11) is 1.65. The second kappa shape index (κ2) is 9.05. The van der Waals surface area contributed by atoms with Crippen LogP contribution in [-0.2, 0) is 17.9 Å². The Hall–Kier alpha value is -2.37. The van der Waals surface area contributed by atoms with Gasteiger partial charge in [0.05, 0.1) is 13.7 Å². The molecule has 0 heterocycles. The number of para-hydroxylation sites is 2. The van der Waals surface area contributed by atoms with Crippen LogP contribution in [0.3, 0.4) is 0 Å². The fourth-order valence-electron chi connectivity index (χ4n) is 2.64. The predicted molar refractivity (Wildman–Crippen MR) is 94.9 cm³/mol. The molecule has 0 atom stereocenters. The van der Waals surface area contributed by atoms with E-state index in [1.165, 1.54) is 6.92 Å². The molecule has 0 spiro atoms. The maximum atomic E-state index is 11.4. The number of methoxy groups -OCH3 is 1. The Balaban J connectivity index is 2.18. The third-order valence-electron chi connectivity index (χ3n) is 3.72. The second-order valence-electron chi connectivity index (χ2n) is 5.58. The first kappa shape index (κ1) is 18.0. The van der Waals surface area contributed by atoms with Crippen LogP contribution in [-0.4, -0.2) is 36.2 Å². The molecule has 2 rings (SSSR count). The van der Waals surface area contributed by atoms with Crippen LogP contribution in [0.15, 0.2) is 48.5 Å². The summed E-state index contributed by atoms with van der Waals surface area (Å²) in [5.74, 6) is 0.733. The third-order valence-corrected chi connectivity index (χ3v) is 3.72. The maximum absolute atomic E-state index is 11.4. The van der Waals surface area contributed by atoms with Gasteiger partial charge in [-0.05, 0) is 17.7 Å². The van der Waals surface area contributed by atoms with E-state index in [1.807, 2.05) is 48.5 Å². The lowest BCUT2D eigenvalue weighted by Crippen LogP contribution is -2.27. The fourth-order valence-corrected chi connectivity index (χ4v) is 2.64. The highest BCUT2D eigenvalue weighted by Gasteiger charge is 2.12. The van der Waals surface area contributed by atoms with E-state index in [0.29, 0.717) is 19.6 Å². The number of carbonyl (C=O) groups excluding carboxylic acids is 1. The molecule has 2 aromatic carbocycles. The Kier molecular flexibility index (Phi) is 6.78. The highest BCUT2D eigenvalue weighted by molar-refractivity contribution is 5.89. The van der Waals surface area contributed by atoms with Gasteiger partial charge in [-0.3, -0.25) is 9.69 Å². The third kappa shape index (κ3) is 5.08. The topological polar surface area (TPSA) is 61.8 Å². The molecular weight excluding hydrogens is 304 g/mol. The van der Waals surface area contributed by atoms with Crippen LogP contribution in [0.1, 0.15) is 18.1 Å². The molecule has 0 aliphatic carbocycles. The molecule has 2 aromatic rings. The highest BCUT2D eigenvalue weighted by atomic mass is 16.5. The number of anilines is 1. The van der Waals surface area contributed by atoms with Crippen molar-refractivity contribution in [3.63, 3.8) is 0 Å². The summed E-state index contributed by atoms with van der Waals surface area (Å²) in [6.45, 7) is 3.37. The van der Waals surface area contributed by atoms with E-state index in [-0.39, 0.29) is 12.5 Å². The van der Waals surface area contributed by atoms with Crippen molar-refractivity contribution in [2.45, 2.75) is 20.0 Å². The normalized spacial score (nSPS) is 10.7. The number of rotatable bonds is 8. The number of hydrogen-bond acceptors (Lipinski definition) is 4. The van der Waals surface area contributed by atoms with Crippen LogP contribution >= 0.6 is 0 Å². The van der Waals surface area contributed by atoms with Crippen LogP contribution in [0.2, 0.25) is 0 Å². The van der Waals surface area contributed by atoms with E-state index >= 15 is 0 Å². The zero-order valence-corrected chi connectivity index (χ0v) is 14.2. The van der Waals surface area contributed by atoms with Crippen LogP contribution in [0, 0.1) is 0 Å². The van der Waals surface area contributed by atoms with E-state index in [1.54, 1.807) is 7.11 Å². The molecule has 128 valence electrons. The number of nitrogens with zero attached hydrogens (tertiary/aromatic N) is 1. The van der Waals surface area contributed by atoms with Gasteiger partial charge in [-0.25, -0.2) is 0 Å². The molecule has 24 heavy (non-hydrogen) atoms. The molecule has 0 aliphatic rings. The average Bonchev–Trinajstić information content (AvgIpc) is 2.57. The minimum atomic E-state index is -0.0964. The van der Waals surface area contributed by atoms with Crippen molar-refractivity contribution in [1.29, 1.82) is 0 Å². The molecule has 0 bridgehead atoms. The second-order valence-corrected chi connectivity index (χ2v) is 5.58. The highest BCUT2D eigenvalue weighted by Crippen LogP contribution is 2.22. The lowest BCUT2D eigenvalue weighted by molar-refractivity contribution is -0.114. The molecule has 0 aliphatic heterocycles. The van der Waals surface area contributed by atoms with E-state index in [0.717, 1.165) is 22.6 Å². The van der Waals surface area contributed by atoms with Crippen molar-refractivity contribution >= 4 is 11.6 Å². The van der Waals surface area contributed by atoms with Gasteiger partial charge in [0.15, 0.2) is 0 Å². The summed E-state index contributed by atoms with van der Waals surface area (Å²) in [6.07, 6.45) is 0. The minimum absolute atomic E-state index is 0.0669. The van der Waals surface area contributed by atoms with Crippen molar-refractivity contribution in [2.75, 3.05) is 25.6 Å². The Bertz CT molecular complexity index is 673. The van der Waals surface area contributed by atoms with E-state index in [4.69, 9.17) is 4.74 Å². The van der Waals surface area contributed by atoms with Gasteiger partial charge in [-0.1, -0.05) is 36.4 Å². The molecule has 5 heteroatoms. The maximum Gasteiger partial charge on any atom is 0.221 e. The smallest absolute Gasteiger partial charge is 0.221 e. The van der Waals surface area contributed by atoms with Crippen molar-refractivity contribution in [3.8, 4) is 5.75 Å². The summed E-state index contributed by atoms with van der Waals surface area (Å²) in [5.41, 5.74) is 2.87. The van der Waals surface area contributed by atoms with Crippen molar-refractivity contribution in [2.24, 2.45) is 0 Å². The molecule has 5 nitrogen and oxygen atoms in total. The van der Waals surface area contributed by atoms with Gasteiger partial charge in [0.25, 0.3) is 0 Å². The number of carbonyl (C=O) groups is 1. The van der Waals surface area contributed by atoms with Crippen LogP contribution < -0.4 is 10.1 Å². The number of hydrogen-bond donors (Lipinski definition) is 2. The monoisotopic (exact) mass is 328 g/mol. The Morgan fingerprint density at radius 3 is 2.38 bits per heavy atom. The largest absolute Gasteiger partial charge is 0.496 e. The fraction of sp³-hybridized carbons (Fsp3) is 0.316. The van der Waals surface area contributed by atoms with E-state index < -0.39 is 0 Å². The molecule has 0 aromatic heterocycles. The number of aliphatic hydroxyl groups excluding tert-OH is 1. The Labute approximate surface area is 142 Å². The average molecular weight is 328 g/mol. The first-order valence-corrected chi connectivity index (χ1v) is 7.94. The summed E-state index contributed by atoms with van der Waals surface area (Å²) in [5, 5.41) is 12.2. The number of ether oxygens (including phenoxy) is 1. The number of nitrogens with one attached hydrogen (secondary N) is 1. The minimum Gasteiger partial charge on any atom is -0.496 e. The summed E-state index contributed by atoms with van der Waals surface area (Å²) in [6, 6.07) is 15.6. The van der Waals surface area contributed by atoms with Gasteiger partial charge in [-0.2, -0.15) is 0 Å². The standard InChI is InChI=1S/C19H24N2O3/c1-15(23)20-18-9-5-3-7-16(18)13-21(11-12-22)14-17-8-4-6-10-19(17)24-2/h3-10,22H,11-14H2,1-2H3,(H,20,23). The lowest BCUT2D eigenvalue weighted by Gasteiger charge is -2.24. The van der Waals surface area contributed by atoms with Crippen molar-refractivity contribution in [3.05, 3.63) is 59.7 Å². The Morgan fingerprint density at radius 1 is 1.08 bits per heavy atom. The Morgan fingerprint density at radius 2 is 1.71 bits per heavy atom. The quantitative estimate of drug-likeness (QED) is 0.782. The van der Waals surface area contributed by atoms with Gasteiger partial charge in [0, 0.05) is 37.8 Å². The predicted octanol–water partition coefficient (Wildman–Crippen LogP) is 2.65. The van der Waals surface area contributed by atoms with Gasteiger partial charge in [-0.15, -0.1) is 0 Å². The molecular formula is C19H24N2O3. The zero-order valence-electron chi connectivity index (χ0n) is 14.2. The molecule has 0 fully saturated rings. The van der Waals surface area contributed by atoms with Crippen LogP contribution in [0.5, 0.6) is 5.75 Å². The molecule has 1 amide bonds.